The van der Waals surface area contributed by atoms with Gasteiger partial charge in [-0.05, 0) is 47.4 Å². The Morgan fingerprint density at radius 2 is 2.17 bits per heavy atom. The molecule has 1 aliphatic heterocycles. The first-order valence-electron chi connectivity index (χ1n) is 6.09. The van der Waals surface area contributed by atoms with Crippen molar-refractivity contribution < 1.29 is 4.79 Å². The summed E-state index contributed by atoms with van der Waals surface area (Å²) in [7, 11) is 0. The minimum atomic E-state index is 0.117. The molecule has 3 rings (SSSR count). The van der Waals surface area contributed by atoms with Crippen molar-refractivity contribution in [3.8, 4) is 0 Å². The monoisotopic (exact) mass is 258 g/mol. The molecule has 1 unspecified atom stereocenters. The van der Waals surface area contributed by atoms with E-state index in [1.165, 1.54) is 5.56 Å². The van der Waals surface area contributed by atoms with Crippen molar-refractivity contribution in [2.75, 3.05) is 6.54 Å². The summed E-state index contributed by atoms with van der Waals surface area (Å²) >= 11 is 1.69. The number of nitrogens with zero attached hydrogens (tertiary/aromatic N) is 2. The summed E-state index contributed by atoms with van der Waals surface area (Å²) in [5, 5.41) is 4.21. The molecular weight excluding hydrogens is 244 g/mol. The van der Waals surface area contributed by atoms with Crippen LogP contribution in [0.3, 0.4) is 0 Å². The van der Waals surface area contributed by atoms with Gasteiger partial charge in [-0.15, -0.1) is 0 Å². The quantitative estimate of drug-likeness (QED) is 0.829. The van der Waals surface area contributed by atoms with Crippen LogP contribution in [0, 0.1) is 0 Å². The highest BCUT2D eigenvalue weighted by atomic mass is 32.1. The molecule has 0 saturated carbocycles. The zero-order valence-corrected chi connectivity index (χ0v) is 10.8. The Hall–Kier alpha value is -1.68. The minimum absolute atomic E-state index is 0.117. The first kappa shape index (κ1) is 11.4. The zero-order valence-electron chi connectivity index (χ0n) is 9.95. The molecular formula is C14H14N2OS. The Labute approximate surface area is 110 Å². The van der Waals surface area contributed by atoms with Gasteiger partial charge in [0.15, 0.2) is 0 Å². The maximum Gasteiger partial charge on any atom is 0.254 e. The van der Waals surface area contributed by atoms with Crippen LogP contribution in [0.1, 0.15) is 34.8 Å². The molecule has 4 heteroatoms. The van der Waals surface area contributed by atoms with Crippen molar-refractivity contribution in [2.24, 2.45) is 0 Å². The van der Waals surface area contributed by atoms with Crippen LogP contribution < -0.4 is 0 Å². The van der Waals surface area contributed by atoms with Crippen molar-refractivity contribution in [1.29, 1.82) is 0 Å². The van der Waals surface area contributed by atoms with E-state index in [0.29, 0.717) is 0 Å². The fourth-order valence-electron chi connectivity index (χ4n) is 2.48. The molecule has 0 bridgehead atoms. The summed E-state index contributed by atoms with van der Waals surface area (Å²) in [5.74, 6) is 0.117. The number of amides is 1. The Kier molecular flexibility index (Phi) is 3.11. The zero-order chi connectivity index (χ0) is 12.4. The molecule has 0 aromatic carbocycles. The van der Waals surface area contributed by atoms with Crippen molar-refractivity contribution in [2.45, 2.75) is 18.9 Å². The number of thiophene rings is 1. The second-order valence-electron chi connectivity index (χ2n) is 4.45. The predicted octanol–water partition coefficient (Wildman–Crippen LogP) is 3.12. The fraction of sp³-hybridized carbons (Fsp3) is 0.286. The molecule has 92 valence electrons. The predicted molar refractivity (Wildman–Crippen MR) is 71.6 cm³/mol. The van der Waals surface area contributed by atoms with E-state index in [-0.39, 0.29) is 11.9 Å². The smallest absolute Gasteiger partial charge is 0.254 e. The van der Waals surface area contributed by atoms with Gasteiger partial charge in [-0.25, -0.2) is 0 Å². The van der Waals surface area contributed by atoms with Gasteiger partial charge in [0.25, 0.3) is 5.91 Å². The number of pyridine rings is 1. The number of carbonyl (C=O) groups is 1. The van der Waals surface area contributed by atoms with Crippen LogP contribution in [0.4, 0.5) is 0 Å². The highest BCUT2D eigenvalue weighted by molar-refractivity contribution is 7.07. The summed E-state index contributed by atoms with van der Waals surface area (Å²) < 4.78 is 0. The van der Waals surface area contributed by atoms with Crippen LogP contribution >= 0.6 is 11.3 Å². The van der Waals surface area contributed by atoms with Gasteiger partial charge in [0.05, 0.1) is 6.04 Å². The molecule has 0 radical (unpaired) electrons. The second-order valence-corrected chi connectivity index (χ2v) is 5.23. The van der Waals surface area contributed by atoms with Crippen molar-refractivity contribution in [3.05, 3.63) is 52.5 Å². The van der Waals surface area contributed by atoms with E-state index in [9.17, 15) is 4.79 Å². The SMILES string of the molecule is O=C(c1ccncc1)N1CCCC1c1ccsc1. The molecule has 1 fully saturated rings. The van der Waals surface area contributed by atoms with Crippen LogP contribution in [0.15, 0.2) is 41.4 Å². The molecule has 1 saturated heterocycles. The van der Waals surface area contributed by atoms with Gasteiger partial charge in [-0.3, -0.25) is 9.78 Å². The highest BCUT2D eigenvalue weighted by Gasteiger charge is 2.30. The second kappa shape index (κ2) is 4.90. The molecule has 1 aliphatic rings. The van der Waals surface area contributed by atoms with E-state index in [1.807, 2.05) is 4.90 Å². The largest absolute Gasteiger partial charge is 0.332 e. The molecule has 3 heterocycles. The van der Waals surface area contributed by atoms with Gasteiger partial charge in [0.2, 0.25) is 0 Å². The number of carbonyl (C=O) groups excluding carboxylic acids is 1. The standard InChI is InChI=1S/C14H14N2OS/c17-14(11-3-6-15-7-4-11)16-8-1-2-13(16)12-5-9-18-10-12/h3-7,9-10,13H,1-2,8H2. The first-order valence-corrected chi connectivity index (χ1v) is 7.03. The van der Waals surface area contributed by atoms with E-state index >= 15 is 0 Å². The summed E-state index contributed by atoms with van der Waals surface area (Å²) in [4.78, 5) is 18.4. The molecule has 3 nitrogen and oxygen atoms in total. The average molecular weight is 258 g/mol. The minimum Gasteiger partial charge on any atom is -0.332 e. The lowest BCUT2D eigenvalue weighted by atomic mass is 10.1. The lowest BCUT2D eigenvalue weighted by Crippen LogP contribution is -2.30. The Morgan fingerprint density at radius 1 is 1.33 bits per heavy atom. The maximum atomic E-state index is 12.5. The van der Waals surface area contributed by atoms with Gasteiger partial charge >= 0.3 is 0 Å². The normalized spacial score (nSPS) is 19.1. The number of aromatic nitrogens is 1. The van der Waals surface area contributed by atoms with E-state index in [4.69, 9.17) is 0 Å². The van der Waals surface area contributed by atoms with E-state index in [2.05, 4.69) is 21.8 Å². The third-order valence-corrected chi connectivity index (χ3v) is 4.07. The molecule has 0 spiro atoms. The lowest BCUT2D eigenvalue weighted by Gasteiger charge is -2.24. The van der Waals surface area contributed by atoms with Gasteiger partial charge in [-0.2, -0.15) is 11.3 Å². The van der Waals surface area contributed by atoms with Gasteiger partial charge in [0.1, 0.15) is 0 Å². The maximum absolute atomic E-state index is 12.5. The molecule has 0 aliphatic carbocycles. The van der Waals surface area contributed by atoms with Crippen LogP contribution in [-0.2, 0) is 0 Å². The highest BCUT2D eigenvalue weighted by Crippen LogP contribution is 2.33. The van der Waals surface area contributed by atoms with Crippen LogP contribution in [0.25, 0.3) is 0 Å². The summed E-state index contributed by atoms with van der Waals surface area (Å²) in [6, 6.07) is 5.93. The summed E-state index contributed by atoms with van der Waals surface area (Å²) in [6.45, 7) is 0.849. The molecule has 2 aromatic heterocycles. The van der Waals surface area contributed by atoms with Crippen LogP contribution in [0.5, 0.6) is 0 Å². The van der Waals surface area contributed by atoms with Gasteiger partial charge < -0.3 is 4.90 Å². The average Bonchev–Trinajstić information content (AvgIpc) is 3.09. The summed E-state index contributed by atoms with van der Waals surface area (Å²) in [6.07, 6.45) is 5.48. The summed E-state index contributed by atoms with van der Waals surface area (Å²) in [5.41, 5.74) is 1.99. The Balaban J connectivity index is 1.85. The van der Waals surface area contributed by atoms with E-state index < -0.39 is 0 Å². The molecule has 0 N–H and O–H groups in total. The van der Waals surface area contributed by atoms with Crippen molar-refractivity contribution in [1.82, 2.24) is 9.88 Å². The van der Waals surface area contributed by atoms with Crippen molar-refractivity contribution in [3.63, 3.8) is 0 Å². The lowest BCUT2D eigenvalue weighted by molar-refractivity contribution is 0.0736. The van der Waals surface area contributed by atoms with Gasteiger partial charge in [0, 0.05) is 24.5 Å². The van der Waals surface area contributed by atoms with E-state index in [0.717, 1.165) is 24.9 Å². The first-order chi connectivity index (χ1) is 8.86. The van der Waals surface area contributed by atoms with E-state index in [1.54, 1.807) is 35.9 Å². The molecule has 18 heavy (non-hydrogen) atoms. The molecule has 1 atom stereocenters. The third-order valence-electron chi connectivity index (χ3n) is 3.37. The topological polar surface area (TPSA) is 33.2 Å². The number of likely N-dealkylation sites (tertiary alicyclic amines) is 1. The number of hydrogen-bond acceptors (Lipinski definition) is 3. The number of rotatable bonds is 2. The van der Waals surface area contributed by atoms with Crippen molar-refractivity contribution >= 4 is 17.2 Å². The van der Waals surface area contributed by atoms with Gasteiger partial charge in [-0.1, -0.05) is 0 Å². The fourth-order valence-corrected chi connectivity index (χ4v) is 3.19. The third kappa shape index (κ3) is 2.04. The molecule has 2 aromatic rings. The molecule has 1 amide bonds. The Bertz CT molecular complexity index is 524. The van der Waals surface area contributed by atoms with Crippen LogP contribution in [0.2, 0.25) is 0 Å². The number of hydrogen-bond donors (Lipinski definition) is 0. The van der Waals surface area contributed by atoms with Crippen LogP contribution in [-0.4, -0.2) is 22.3 Å². The Morgan fingerprint density at radius 3 is 2.89 bits per heavy atom.